The van der Waals surface area contributed by atoms with E-state index in [4.69, 9.17) is 0 Å². The van der Waals surface area contributed by atoms with Gasteiger partial charge in [0.15, 0.2) is 0 Å². The molecule has 6 heteroatoms. The van der Waals surface area contributed by atoms with Crippen LogP contribution in [0.3, 0.4) is 0 Å². The number of H-pyrrole nitrogens is 1. The van der Waals surface area contributed by atoms with E-state index in [-0.39, 0.29) is 4.90 Å². The average molecular weight is 426 g/mol. The van der Waals surface area contributed by atoms with Crippen molar-refractivity contribution in [3.8, 4) is 22.5 Å². The topological polar surface area (TPSA) is 74.8 Å². The second kappa shape index (κ2) is 7.74. The molecule has 5 rings (SSSR count). The van der Waals surface area contributed by atoms with Gasteiger partial charge in [0.25, 0.3) is 10.0 Å². The number of nitrogens with one attached hydrogen (secondary N) is 2. The number of hydrogen-bond donors (Lipinski definition) is 2. The largest absolute Gasteiger partial charge is 0.338 e. The van der Waals surface area contributed by atoms with Crippen LogP contribution in [0.15, 0.2) is 108 Å². The second-order valence-electron chi connectivity index (χ2n) is 7.15. The molecule has 5 aromatic rings. The van der Waals surface area contributed by atoms with Gasteiger partial charge in [-0.05, 0) is 29.8 Å². The lowest BCUT2D eigenvalue weighted by molar-refractivity contribution is 0.601. The summed E-state index contributed by atoms with van der Waals surface area (Å²) in [6, 6.07) is 31.7. The maximum atomic E-state index is 13.2. The number of imidazole rings is 1. The molecule has 152 valence electrons. The highest BCUT2D eigenvalue weighted by Crippen LogP contribution is 2.30. The molecule has 0 saturated heterocycles. The monoisotopic (exact) mass is 425 g/mol. The van der Waals surface area contributed by atoms with Crippen LogP contribution in [0.1, 0.15) is 0 Å². The van der Waals surface area contributed by atoms with Gasteiger partial charge < -0.3 is 4.98 Å². The van der Waals surface area contributed by atoms with Gasteiger partial charge >= 0.3 is 0 Å². The molecule has 0 amide bonds. The molecule has 0 aliphatic heterocycles. The molecule has 0 aliphatic rings. The summed E-state index contributed by atoms with van der Waals surface area (Å²) in [5.41, 5.74) is 4.61. The molecule has 4 aromatic carbocycles. The third kappa shape index (κ3) is 3.81. The fourth-order valence-electron chi connectivity index (χ4n) is 3.53. The van der Waals surface area contributed by atoms with Crippen molar-refractivity contribution < 1.29 is 8.42 Å². The molecule has 0 saturated carbocycles. The van der Waals surface area contributed by atoms with E-state index >= 15 is 0 Å². The normalized spacial score (nSPS) is 11.5. The van der Waals surface area contributed by atoms with Crippen LogP contribution in [0.25, 0.3) is 33.5 Å². The highest BCUT2D eigenvalue weighted by atomic mass is 32.2. The molecule has 0 unspecified atom stereocenters. The van der Waals surface area contributed by atoms with Crippen LogP contribution in [-0.2, 0) is 10.0 Å². The van der Waals surface area contributed by atoms with E-state index in [1.165, 1.54) is 0 Å². The Kier molecular flexibility index (Phi) is 4.76. The smallest absolute Gasteiger partial charge is 0.261 e. The maximum Gasteiger partial charge on any atom is 0.261 e. The molecule has 0 radical (unpaired) electrons. The predicted molar refractivity (Wildman–Crippen MR) is 124 cm³/mol. The van der Waals surface area contributed by atoms with E-state index in [1.54, 1.807) is 24.3 Å². The minimum absolute atomic E-state index is 0.172. The van der Waals surface area contributed by atoms with Crippen molar-refractivity contribution in [1.82, 2.24) is 9.97 Å². The number of nitrogens with zero attached hydrogens (tertiary/aromatic N) is 1. The van der Waals surface area contributed by atoms with Crippen molar-refractivity contribution in [2.45, 2.75) is 4.90 Å². The second-order valence-corrected chi connectivity index (χ2v) is 8.83. The highest BCUT2D eigenvalue weighted by Gasteiger charge is 2.18. The van der Waals surface area contributed by atoms with Gasteiger partial charge in [0.05, 0.1) is 21.6 Å². The molecular formula is C25H19N3O2S. The van der Waals surface area contributed by atoms with E-state index in [2.05, 4.69) is 14.7 Å². The Morgan fingerprint density at radius 1 is 0.710 bits per heavy atom. The third-order valence-electron chi connectivity index (χ3n) is 5.07. The molecule has 5 nitrogen and oxygen atoms in total. The molecular weight excluding hydrogens is 406 g/mol. The first kappa shape index (κ1) is 19.1. The average Bonchev–Trinajstić information content (AvgIpc) is 3.24. The summed E-state index contributed by atoms with van der Waals surface area (Å²) in [5, 5.41) is 0. The van der Waals surface area contributed by atoms with Gasteiger partial charge in [0.1, 0.15) is 5.82 Å². The van der Waals surface area contributed by atoms with Crippen molar-refractivity contribution in [3.63, 3.8) is 0 Å². The highest BCUT2D eigenvalue weighted by molar-refractivity contribution is 7.92. The van der Waals surface area contributed by atoms with Gasteiger partial charge in [0.2, 0.25) is 0 Å². The summed E-state index contributed by atoms with van der Waals surface area (Å²) < 4.78 is 29.1. The van der Waals surface area contributed by atoms with Gasteiger partial charge in [-0.25, -0.2) is 13.4 Å². The fraction of sp³-hybridized carbons (Fsp3) is 0. The minimum Gasteiger partial charge on any atom is -0.338 e. The van der Waals surface area contributed by atoms with Crippen molar-refractivity contribution in [2.24, 2.45) is 0 Å². The van der Waals surface area contributed by atoms with Crippen LogP contribution in [0.5, 0.6) is 0 Å². The number of rotatable bonds is 5. The van der Waals surface area contributed by atoms with Crippen molar-refractivity contribution >= 4 is 26.7 Å². The number of hydrogen-bond acceptors (Lipinski definition) is 3. The molecule has 31 heavy (non-hydrogen) atoms. The molecule has 0 atom stereocenters. The molecule has 0 fully saturated rings. The number of fused-ring (bicyclic) bond motifs is 1. The Morgan fingerprint density at radius 2 is 1.35 bits per heavy atom. The predicted octanol–water partition coefficient (Wildman–Crippen LogP) is 5.70. The van der Waals surface area contributed by atoms with Crippen molar-refractivity contribution in [3.05, 3.63) is 103 Å². The van der Waals surface area contributed by atoms with Crippen LogP contribution in [0, 0.1) is 0 Å². The number of sulfonamides is 1. The quantitative estimate of drug-likeness (QED) is 0.379. The van der Waals surface area contributed by atoms with Gasteiger partial charge in [-0.2, -0.15) is 0 Å². The van der Waals surface area contributed by atoms with Gasteiger partial charge in [0, 0.05) is 11.1 Å². The Balaban J connectivity index is 1.51. The van der Waals surface area contributed by atoms with Crippen LogP contribution < -0.4 is 4.72 Å². The summed E-state index contributed by atoms with van der Waals surface area (Å²) in [5.74, 6) is 0.701. The Hall–Kier alpha value is -3.90. The number of benzene rings is 4. The molecule has 1 heterocycles. The van der Waals surface area contributed by atoms with Gasteiger partial charge in [-0.15, -0.1) is 0 Å². The lowest BCUT2D eigenvalue weighted by Gasteiger charge is -2.13. The van der Waals surface area contributed by atoms with Gasteiger partial charge in [-0.3, -0.25) is 4.72 Å². The summed E-state index contributed by atoms with van der Waals surface area (Å²) in [6.45, 7) is 0. The Labute approximate surface area is 180 Å². The van der Waals surface area contributed by atoms with Gasteiger partial charge in [-0.1, -0.05) is 78.9 Å². The molecule has 0 aliphatic carbocycles. The molecule has 0 bridgehead atoms. The number of para-hydroxylation sites is 1. The zero-order chi connectivity index (χ0) is 21.3. The van der Waals surface area contributed by atoms with Crippen molar-refractivity contribution in [1.29, 1.82) is 0 Å². The summed E-state index contributed by atoms with van der Waals surface area (Å²) >= 11 is 0. The van der Waals surface area contributed by atoms with Crippen molar-refractivity contribution in [2.75, 3.05) is 4.72 Å². The minimum atomic E-state index is -3.79. The summed E-state index contributed by atoms with van der Waals surface area (Å²) in [6.07, 6.45) is 0. The standard InChI is InChI=1S/C25H19N3O2S/c29-31(30,28-22-14-8-7-13-21(22)18-9-3-1-4-10-18)20-15-16-23-24(17-20)27-25(26-23)19-11-5-2-6-12-19/h1-17,28H,(H,26,27). The number of anilines is 1. The fourth-order valence-corrected chi connectivity index (χ4v) is 4.64. The van der Waals surface area contributed by atoms with Crippen LogP contribution in [0.4, 0.5) is 5.69 Å². The SMILES string of the molecule is O=S(=O)(Nc1ccccc1-c1ccccc1)c1ccc2nc(-c3ccccc3)[nH]c2c1. The summed E-state index contributed by atoms with van der Waals surface area (Å²) in [4.78, 5) is 7.97. The lowest BCUT2D eigenvalue weighted by Crippen LogP contribution is -2.13. The Bertz CT molecular complexity index is 1460. The molecule has 2 N–H and O–H groups in total. The zero-order valence-corrected chi connectivity index (χ0v) is 17.3. The van der Waals surface area contributed by atoms with Crippen LogP contribution >= 0.6 is 0 Å². The van der Waals surface area contributed by atoms with Crippen LogP contribution in [0.2, 0.25) is 0 Å². The Morgan fingerprint density at radius 3 is 2.10 bits per heavy atom. The molecule has 0 spiro atoms. The number of aromatic amines is 1. The molecule has 1 aromatic heterocycles. The number of aromatic nitrogens is 2. The first-order valence-electron chi connectivity index (χ1n) is 9.83. The maximum absolute atomic E-state index is 13.2. The van der Waals surface area contributed by atoms with E-state index in [0.717, 1.165) is 16.7 Å². The van der Waals surface area contributed by atoms with Crippen LogP contribution in [-0.4, -0.2) is 18.4 Å². The van der Waals surface area contributed by atoms with E-state index in [9.17, 15) is 8.42 Å². The van der Waals surface area contributed by atoms with E-state index < -0.39 is 10.0 Å². The lowest BCUT2D eigenvalue weighted by atomic mass is 10.0. The summed E-state index contributed by atoms with van der Waals surface area (Å²) in [7, 11) is -3.79. The first-order valence-corrected chi connectivity index (χ1v) is 11.3. The first-order chi connectivity index (χ1) is 15.1. The van der Waals surface area contributed by atoms with E-state index in [1.807, 2.05) is 78.9 Å². The zero-order valence-electron chi connectivity index (χ0n) is 16.5. The van der Waals surface area contributed by atoms with E-state index in [0.29, 0.717) is 22.5 Å². The third-order valence-corrected chi connectivity index (χ3v) is 6.43.